The lowest BCUT2D eigenvalue weighted by Gasteiger charge is -2.19. The molecule has 0 aromatic carbocycles. The highest BCUT2D eigenvalue weighted by Crippen LogP contribution is 2.08. The molecule has 0 saturated carbocycles. The van der Waals surface area contributed by atoms with E-state index in [-0.39, 0.29) is 11.7 Å². The van der Waals surface area contributed by atoms with Crippen molar-refractivity contribution in [1.82, 2.24) is 5.32 Å². The monoisotopic (exact) mass is 187 g/mol. The molecule has 0 aromatic rings. The lowest BCUT2D eigenvalue weighted by molar-refractivity contribution is -0.119. The van der Waals surface area contributed by atoms with Crippen LogP contribution in [0.4, 0.5) is 0 Å². The van der Waals surface area contributed by atoms with E-state index in [1.54, 1.807) is 0 Å². The highest BCUT2D eigenvalue weighted by atomic mass is 28.4. The minimum Gasteiger partial charge on any atom is -0.541 e. The van der Waals surface area contributed by atoms with Gasteiger partial charge in [-0.2, -0.15) is 0 Å². The fourth-order valence-corrected chi connectivity index (χ4v) is 1.51. The number of amides is 1. The minimum absolute atomic E-state index is 0.208. The van der Waals surface area contributed by atoms with Gasteiger partial charge in [0.05, 0.1) is 0 Å². The van der Waals surface area contributed by atoms with Crippen LogP contribution in [-0.2, 0) is 9.22 Å². The molecule has 0 fully saturated rings. The third-order valence-corrected chi connectivity index (χ3v) is 1.88. The molecule has 0 heterocycles. The largest absolute Gasteiger partial charge is 0.541 e. The zero-order valence-electron chi connectivity index (χ0n) is 8.23. The molecule has 12 heavy (non-hydrogen) atoms. The molecule has 1 N–H and O–H groups in total. The number of carbonyl (C=O) groups is 1. The number of nitrogens with one attached hydrogen (secondary N) is 1. The maximum Gasteiger partial charge on any atom is 0.284 e. The molecule has 0 aromatic heterocycles. The summed E-state index contributed by atoms with van der Waals surface area (Å²) in [5.41, 5.74) is 0. The number of rotatable bonds is 4. The Morgan fingerprint density at radius 1 is 1.50 bits per heavy atom. The Hall–Kier alpha value is -0.773. The molecular weight excluding hydrogens is 170 g/mol. The Morgan fingerprint density at radius 2 is 2.00 bits per heavy atom. The maximum atomic E-state index is 11.1. The SMILES string of the molecule is C=C(O[Si](C)(C)C)C(=O)NCC. The first-order chi connectivity index (χ1) is 5.37. The van der Waals surface area contributed by atoms with Crippen LogP contribution >= 0.6 is 0 Å². The van der Waals surface area contributed by atoms with Crippen molar-refractivity contribution >= 4 is 14.2 Å². The topological polar surface area (TPSA) is 38.3 Å². The molecule has 0 unspecified atom stereocenters. The van der Waals surface area contributed by atoms with Crippen LogP contribution in [0, 0.1) is 0 Å². The van der Waals surface area contributed by atoms with Crippen molar-refractivity contribution in [2.24, 2.45) is 0 Å². The number of carbonyl (C=O) groups excluding carboxylic acids is 1. The van der Waals surface area contributed by atoms with Crippen LogP contribution in [0.5, 0.6) is 0 Å². The second-order valence-corrected chi connectivity index (χ2v) is 7.93. The summed E-state index contributed by atoms with van der Waals surface area (Å²) in [6.45, 7) is 12.1. The van der Waals surface area contributed by atoms with Gasteiger partial charge in [0.25, 0.3) is 5.91 Å². The molecule has 4 heteroatoms. The van der Waals surface area contributed by atoms with Crippen molar-refractivity contribution in [1.29, 1.82) is 0 Å². The summed E-state index contributed by atoms with van der Waals surface area (Å²) in [5.74, 6) is 0.0240. The molecule has 0 bridgehead atoms. The smallest absolute Gasteiger partial charge is 0.284 e. The van der Waals surface area contributed by atoms with E-state index in [0.717, 1.165) is 0 Å². The first-order valence-corrected chi connectivity index (χ1v) is 7.43. The van der Waals surface area contributed by atoms with E-state index in [1.807, 2.05) is 26.6 Å². The molecule has 0 saturated heterocycles. The number of likely N-dealkylation sites (N-methyl/N-ethyl adjacent to an activating group) is 1. The van der Waals surface area contributed by atoms with Gasteiger partial charge in [0.15, 0.2) is 5.76 Å². The molecule has 0 aliphatic carbocycles. The van der Waals surface area contributed by atoms with Gasteiger partial charge >= 0.3 is 0 Å². The van der Waals surface area contributed by atoms with Crippen LogP contribution in [-0.4, -0.2) is 20.8 Å². The quantitative estimate of drug-likeness (QED) is 0.411. The standard InChI is InChI=1S/C8H17NO2Si/c1-6-9-8(10)7(2)11-12(3,4)5/h2,6H2,1,3-5H3,(H,9,10). The van der Waals surface area contributed by atoms with Gasteiger partial charge in [0.1, 0.15) is 0 Å². The third kappa shape index (κ3) is 4.95. The highest BCUT2D eigenvalue weighted by Gasteiger charge is 2.19. The van der Waals surface area contributed by atoms with E-state index in [9.17, 15) is 4.79 Å². The molecule has 0 aliphatic rings. The summed E-state index contributed by atoms with van der Waals surface area (Å²) in [6, 6.07) is 0. The molecule has 0 atom stereocenters. The summed E-state index contributed by atoms with van der Waals surface area (Å²) in [6.07, 6.45) is 0. The van der Waals surface area contributed by atoms with Crippen molar-refractivity contribution in [3.63, 3.8) is 0 Å². The first kappa shape index (κ1) is 11.2. The van der Waals surface area contributed by atoms with Gasteiger partial charge in [0.2, 0.25) is 8.32 Å². The van der Waals surface area contributed by atoms with Crippen molar-refractivity contribution in [3.05, 3.63) is 12.3 Å². The van der Waals surface area contributed by atoms with Crippen LogP contribution in [0.15, 0.2) is 12.3 Å². The number of hydrogen-bond acceptors (Lipinski definition) is 2. The summed E-state index contributed by atoms with van der Waals surface area (Å²) in [4.78, 5) is 11.1. The predicted molar refractivity (Wildman–Crippen MR) is 52.3 cm³/mol. The second-order valence-electron chi connectivity index (χ2n) is 3.50. The Kier molecular flexibility index (Phi) is 4.02. The summed E-state index contributed by atoms with van der Waals surface area (Å²) in [5, 5.41) is 2.63. The zero-order valence-corrected chi connectivity index (χ0v) is 9.23. The number of hydrogen-bond donors (Lipinski definition) is 1. The van der Waals surface area contributed by atoms with Crippen LogP contribution in [0.2, 0.25) is 19.6 Å². The Labute approximate surface area is 74.9 Å². The molecule has 1 amide bonds. The van der Waals surface area contributed by atoms with Crippen LogP contribution in [0.25, 0.3) is 0 Å². The van der Waals surface area contributed by atoms with E-state index in [0.29, 0.717) is 6.54 Å². The normalized spacial score (nSPS) is 10.7. The second kappa shape index (κ2) is 4.30. The average molecular weight is 187 g/mol. The van der Waals surface area contributed by atoms with E-state index in [2.05, 4.69) is 11.9 Å². The first-order valence-electron chi connectivity index (χ1n) is 4.03. The summed E-state index contributed by atoms with van der Waals surface area (Å²) < 4.78 is 5.38. The van der Waals surface area contributed by atoms with E-state index >= 15 is 0 Å². The van der Waals surface area contributed by atoms with Gasteiger partial charge in [-0.3, -0.25) is 4.79 Å². The average Bonchev–Trinajstić information content (AvgIpc) is 1.84. The molecule has 0 radical (unpaired) electrons. The summed E-state index contributed by atoms with van der Waals surface area (Å²) in [7, 11) is -1.67. The van der Waals surface area contributed by atoms with Crippen molar-refractivity contribution in [2.75, 3.05) is 6.54 Å². The highest BCUT2D eigenvalue weighted by molar-refractivity contribution is 6.70. The fraction of sp³-hybridized carbons (Fsp3) is 0.625. The van der Waals surface area contributed by atoms with Gasteiger partial charge in [-0.25, -0.2) is 0 Å². The van der Waals surface area contributed by atoms with Gasteiger partial charge in [-0.1, -0.05) is 6.58 Å². The van der Waals surface area contributed by atoms with Crippen molar-refractivity contribution < 1.29 is 9.22 Å². The molecule has 70 valence electrons. The van der Waals surface area contributed by atoms with E-state index < -0.39 is 8.32 Å². The molecule has 3 nitrogen and oxygen atoms in total. The van der Waals surface area contributed by atoms with Gasteiger partial charge in [0, 0.05) is 6.54 Å². The molecule has 0 aliphatic heterocycles. The van der Waals surface area contributed by atoms with Crippen LogP contribution in [0.3, 0.4) is 0 Å². The van der Waals surface area contributed by atoms with Crippen molar-refractivity contribution in [2.45, 2.75) is 26.6 Å². The molecule has 0 spiro atoms. The molecular formula is C8H17NO2Si. The third-order valence-electron chi connectivity index (χ3n) is 1.02. The van der Waals surface area contributed by atoms with E-state index in [1.165, 1.54) is 0 Å². The predicted octanol–water partition coefficient (Wildman–Crippen LogP) is 1.49. The fourth-order valence-electron chi connectivity index (χ4n) is 0.675. The van der Waals surface area contributed by atoms with Gasteiger partial charge in [-0.05, 0) is 26.6 Å². The van der Waals surface area contributed by atoms with Crippen molar-refractivity contribution in [3.8, 4) is 0 Å². The Bertz CT molecular complexity index is 184. The van der Waals surface area contributed by atoms with Crippen LogP contribution in [0.1, 0.15) is 6.92 Å². The van der Waals surface area contributed by atoms with Gasteiger partial charge < -0.3 is 9.74 Å². The van der Waals surface area contributed by atoms with Gasteiger partial charge in [-0.15, -0.1) is 0 Å². The van der Waals surface area contributed by atoms with E-state index in [4.69, 9.17) is 4.43 Å². The lowest BCUT2D eigenvalue weighted by atomic mass is 10.5. The zero-order chi connectivity index (χ0) is 9.78. The van der Waals surface area contributed by atoms with Crippen LogP contribution < -0.4 is 5.32 Å². The maximum absolute atomic E-state index is 11.1. The Balaban J connectivity index is 3.97. The Morgan fingerprint density at radius 3 is 2.33 bits per heavy atom. The summed E-state index contributed by atoms with van der Waals surface area (Å²) >= 11 is 0. The molecule has 0 rings (SSSR count). The lowest BCUT2D eigenvalue weighted by Crippen LogP contribution is -2.32. The minimum atomic E-state index is -1.67.